The fourth-order valence-corrected chi connectivity index (χ4v) is 5.43. The Bertz CT molecular complexity index is 1370. The Morgan fingerprint density at radius 1 is 1.18 bits per heavy atom. The summed E-state index contributed by atoms with van der Waals surface area (Å²) in [5, 5.41) is 24.3. The number of nitrogens with zero attached hydrogens (tertiary/aromatic N) is 3. The van der Waals surface area contributed by atoms with E-state index in [2.05, 4.69) is 21.4 Å². The molecule has 1 saturated carbocycles. The fraction of sp³-hybridized carbons (Fsp3) is 0.467. The highest BCUT2D eigenvalue weighted by Crippen LogP contribution is 2.46. The fourth-order valence-electron chi connectivity index (χ4n) is 5.43. The molecule has 1 unspecified atom stereocenters. The van der Waals surface area contributed by atoms with Crippen molar-refractivity contribution < 1.29 is 24.1 Å². The number of aliphatic hydroxyl groups is 1. The molecule has 2 aromatic heterocycles. The van der Waals surface area contributed by atoms with Gasteiger partial charge in [-0.3, -0.25) is 4.98 Å². The molecule has 0 radical (unpaired) electrons. The van der Waals surface area contributed by atoms with Crippen LogP contribution in [-0.4, -0.2) is 50.6 Å². The summed E-state index contributed by atoms with van der Waals surface area (Å²) in [6.07, 6.45) is 2.87. The van der Waals surface area contributed by atoms with Crippen LogP contribution >= 0.6 is 0 Å². The molecule has 39 heavy (non-hydrogen) atoms. The van der Waals surface area contributed by atoms with Gasteiger partial charge in [0.15, 0.2) is 0 Å². The zero-order chi connectivity index (χ0) is 27.7. The highest BCUT2D eigenvalue weighted by molar-refractivity contribution is 5.80. The van der Waals surface area contributed by atoms with Gasteiger partial charge in [0.25, 0.3) is 0 Å². The minimum absolute atomic E-state index is 0.184. The van der Waals surface area contributed by atoms with Gasteiger partial charge in [-0.15, -0.1) is 0 Å². The van der Waals surface area contributed by atoms with Crippen molar-refractivity contribution in [2.24, 2.45) is 0 Å². The maximum Gasteiger partial charge on any atom is 0.408 e. The van der Waals surface area contributed by atoms with E-state index in [1.165, 1.54) is 6.20 Å². The molecular formula is C30H34N4O5. The van der Waals surface area contributed by atoms with Crippen LogP contribution in [0.5, 0.6) is 5.88 Å². The van der Waals surface area contributed by atoms with Crippen LogP contribution in [0.2, 0.25) is 0 Å². The Balaban J connectivity index is 1.32. The predicted molar refractivity (Wildman–Crippen MR) is 144 cm³/mol. The number of aliphatic hydroxyl groups excluding tert-OH is 1. The van der Waals surface area contributed by atoms with E-state index in [9.17, 15) is 15.2 Å². The van der Waals surface area contributed by atoms with Gasteiger partial charge in [-0.25, -0.2) is 9.78 Å². The molecule has 2 aliphatic heterocycles. The van der Waals surface area contributed by atoms with Crippen molar-refractivity contribution >= 4 is 17.1 Å². The number of nitriles is 1. The van der Waals surface area contributed by atoms with E-state index in [1.54, 1.807) is 6.07 Å². The van der Waals surface area contributed by atoms with Gasteiger partial charge in [0.2, 0.25) is 5.88 Å². The number of amides is 1. The Hall–Kier alpha value is -3.74. The highest BCUT2D eigenvalue weighted by Gasteiger charge is 2.54. The monoisotopic (exact) mass is 530 g/mol. The third-order valence-corrected chi connectivity index (χ3v) is 7.60. The molecule has 2 saturated heterocycles. The first-order valence-electron chi connectivity index (χ1n) is 13.3. The lowest BCUT2D eigenvalue weighted by Gasteiger charge is -2.54. The van der Waals surface area contributed by atoms with Crippen molar-refractivity contribution in [3.63, 3.8) is 0 Å². The van der Waals surface area contributed by atoms with Crippen molar-refractivity contribution in [2.45, 2.75) is 82.3 Å². The van der Waals surface area contributed by atoms with E-state index >= 15 is 0 Å². The minimum atomic E-state index is -0.870. The second-order valence-corrected chi connectivity index (χ2v) is 11.5. The Morgan fingerprint density at radius 2 is 1.92 bits per heavy atom. The van der Waals surface area contributed by atoms with Crippen LogP contribution in [0.4, 0.5) is 4.79 Å². The van der Waals surface area contributed by atoms with Crippen molar-refractivity contribution in [3.8, 4) is 11.9 Å². The number of hydrogen-bond acceptors (Lipinski definition) is 8. The largest absolute Gasteiger partial charge is 0.473 e. The molecule has 3 fully saturated rings. The lowest BCUT2D eigenvalue weighted by Crippen LogP contribution is -2.66. The van der Waals surface area contributed by atoms with Crippen molar-refractivity contribution in [3.05, 3.63) is 65.4 Å². The number of rotatable bonds is 7. The SMILES string of the molecule is CC(C)(C)OC(=O)NC12CCC(C(O)Cc3c(C#N)cnc4ccc(OCc5ccccc5)nc34)(CC1)OC2. The van der Waals surface area contributed by atoms with Crippen LogP contribution in [0.3, 0.4) is 0 Å². The molecule has 1 aromatic carbocycles. The molecule has 1 atom stereocenters. The topological polar surface area (TPSA) is 127 Å². The maximum absolute atomic E-state index is 12.4. The lowest BCUT2D eigenvalue weighted by molar-refractivity contribution is -0.206. The van der Waals surface area contributed by atoms with Crippen LogP contribution < -0.4 is 10.1 Å². The number of carbonyl (C=O) groups is 1. The average molecular weight is 531 g/mol. The van der Waals surface area contributed by atoms with Gasteiger partial charge >= 0.3 is 6.09 Å². The zero-order valence-electron chi connectivity index (χ0n) is 22.6. The summed E-state index contributed by atoms with van der Waals surface area (Å²) in [5.74, 6) is 0.418. The van der Waals surface area contributed by atoms with E-state index in [4.69, 9.17) is 14.2 Å². The predicted octanol–water partition coefficient (Wildman–Crippen LogP) is 4.59. The second-order valence-electron chi connectivity index (χ2n) is 11.5. The van der Waals surface area contributed by atoms with Gasteiger partial charge in [-0.05, 0) is 58.1 Å². The zero-order valence-corrected chi connectivity index (χ0v) is 22.6. The van der Waals surface area contributed by atoms with E-state index in [-0.39, 0.29) is 6.42 Å². The summed E-state index contributed by atoms with van der Waals surface area (Å²) >= 11 is 0. The first-order valence-corrected chi connectivity index (χ1v) is 13.3. The second kappa shape index (κ2) is 10.4. The summed E-state index contributed by atoms with van der Waals surface area (Å²) in [5.41, 5.74) is 1.29. The maximum atomic E-state index is 12.4. The molecular weight excluding hydrogens is 496 g/mol. The van der Waals surface area contributed by atoms with Gasteiger partial charge in [0.1, 0.15) is 18.3 Å². The quantitative estimate of drug-likeness (QED) is 0.454. The number of fused-ring (bicyclic) bond motifs is 4. The molecule has 3 aromatic rings. The van der Waals surface area contributed by atoms with Gasteiger partial charge in [-0.1, -0.05) is 30.3 Å². The van der Waals surface area contributed by atoms with Crippen LogP contribution in [0, 0.1) is 11.3 Å². The summed E-state index contributed by atoms with van der Waals surface area (Å²) in [6, 6.07) is 15.6. The lowest BCUT2D eigenvalue weighted by atomic mass is 9.68. The molecule has 9 heteroatoms. The Labute approximate surface area is 228 Å². The molecule has 1 aliphatic carbocycles. The number of alkyl carbamates (subject to hydrolysis) is 1. The number of ether oxygens (including phenoxy) is 3. The van der Waals surface area contributed by atoms with Crippen molar-refractivity contribution in [1.82, 2.24) is 15.3 Å². The van der Waals surface area contributed by atoms with Gasteiger partial charge in [0.05, 0.1) is 40.4 Å². The van der Waals surface area contributed by atoms with E-state index in [0.717, 1.165) is 5.56 Å². The van der Waals surface area contributed by atoms with Crippen LogP contribution in [0.15, 0.2) is 48.7 Å². The van der Waals surface area contributed by atoms with Crippen molar-refractivity contribution in [2.75, 3.05) is 6.61 Å². The molecule has 2 bridgehead atoms. The molecule has 2 N–H and O–H groups in total. The number of aromatic nitrogens is 2. The molecule has 1 amide bonds. The molecule has 6 rings (SSSR count). The summed E-state index contributed by atoms with van der Waals surface area (Å²) in [6.45, 7) is 6.14. The number of pyridine rings is 2. The first kappa shape index (κ1) is 26.9. The Morgan fingerprint density at radius 3 is 2.56 bits per heavy atom. The van der Waals surface area contributed by atoms with E-state index in [1.807, 2.05) is 57.2 Å². The van der Waals surface area contributed by atoms with Crippen molar-refractivity contribution in [1.29, 1.82) is 5.26 Å². The van der Waals surface area contributed by atoms with E-state index in [0.29, 0.717) is 66.9 Å². The van der Waals surface area contributed by atoms with E-state index < -0.39 is 28.9 Å². The highest BCUT2D eigenvalue weighted by atomic mass is 16.6. The summed E-state index contributed by atoms with van der Waals surface area (Å²) in [7, 11) is 0. The molecule has 204 valence electrons. The summed E-state index contributed by atoms with van der Waals surface area (Å²) < 4.78 is 17.6. The van der Waals surface area contributed by atoms with Crippen LogP contribution in [0.25, 0.3) is 11.0 Å². The molecule has 4 heterocycles. The number of hydrogen-bond donors (Lipinski definition) is 2. The number of benzene rings is 1. The molecule has 9 nitrogen and oxygen atoms in total. The number of nitrogens with one attached hydrogen (secondary N) is 1. The smallest absolute Gasteiger partial charge is 0.408 e. The molecule has 0 spiro atoms. The average Bonchev–Trinajstić information content (AvgIpc) is 2.92. The van der Waals surface area contributed by atoms with Crippen LogP contribution in [-0.2, 0) is 22.5 Å². The minimum Gasteiger partial charge on any atom is -0.473 e. The van der Waals surface area contributed by atoms with Gasteiger partial charge < -0.3 is 24.6 Å². The third-order valence-electron chi connectivity index (χ3n) is 7.60. The number of carbonyl (C=O) groups excluding carboxylic acids is 1. The van der Waals surface area contributed by atoms with Gasteiger partial charge in [-0.2, -0.15) is 5.26 Å². The van der Waals surface area contributed by atoms with Gasteiger partial charge in [0, 0.05) is 24.2 Å². The standard InChI is InChI=1S/C30H34N4O5/c1-28(2,3)39-27(36)34-29-11-13-30(14-12-29,38-19-29)24(35)15-22-21(16-31)17-32-23-9-10-25(33-26(22)23)37-18-20-7-5-4-6-8-20/h4-10,17,24,35H,11-15,18-19H2,1-3H3,(H,34,36). The van der Waals surface area contributed by atoms with Crippen LogP contribution in [0.1, 0.15) is 63.1 Å². The Kier molecular flexibility index (Phi) is 7.19. The first-order chi connectivity index (χ1) is 18.6. The normalized spacial score (nSPS) is 23.2. The molecule has 3 aliphatic rings. The third kappa shape index (κ3) is 5.82. The summed E-state index contributed by atoms with van der Waals surface area (Å²) in [4.78, 5) is 21.5.